The molecule has 0 aromatic carbocycles. The summed E-state index contributed by atoms with van der Waals surface area (Å²) >= 11 is 0. The Balaban J connectivity index is 3.94. The fourth-order valence-corrected chi connectivity index (χ4v) is 3.42. The lowest BCUT2D eigenvalue weighted by Crippen LogP contribution is -2.19. The first-order chi connectivity index (χ1) is 15.7. The minimum absolute atomic E-state index is 0.211. The predicted molar refractivity (Wildman–Crippen MR) is 130 cm³/mol. The molecule has 0 saturated carbocycles. The van der Waals surface area contributed by atoms with Crippen molar-refractivity contribution >= 4 is 8.25 Å². The Morgan fingerprint density at radius 3 is 1.09 bits per heavy atom. The molecule has 0 unspecified atom stereocenters. The van der Waals surface area contributed by atoms with Crippen molar-refractivity contribution in [3.05, 3.63) is 0 Å². The SMILES string of the molecule is CCCCOC(CCCO[PH](=O)OCCCC(OCCCC)OCCCC)OCCCC. The Morgan fingerprint density at radius 1 is 0.500 bits per heavy atom. The zero-order valence-electron chi connectivity index (χ0n) is 21.2. The van der Waals surface area contributed by atoms with Gasteiger partial charge in [0.15, 0.2) is 12.6 Å². The van der Waals surface area contributed by atoms with Gasteiger partial charge in [0.1, 0.15) is 0 Å². The van der Waals surface area contributed by atoms with Gasteiger partial charge in [-0.15, -0.1) is 0 Å². The molecule has 0 aromatic rings. The maximum absolute atomic E-state index is 12.0. The summed E-state index contributed by atoms with van der Waals surface area (Å²) in [6.45, 7) is 12.2. The summed E-state index contributed by atoms with van der Waals surface area (Å²) in [6, 6.07) is 0. The molecule has 0 heterocycles. The molecule has 0 saturated heterocycles. The normalized spacial score (nSPS) is 12.0. The average molecular weight is 483 g/mol. The molecule has 32 heavy (non-hydrogen) atoms. The first kappa shape index (κ1) is 32.0. The van der Waals surface area contributed by atoms with Gasteiger partial charge in [0.2, 0.25) is 0 Å². The molecule has 0 amide bonds. The molecule has 0 radical (unpaired) electrons. The van der Waals surface area contributed by atoms with Gasteiger partial charge in [-0.2, -0.15) is 0 Å². The molecule has 0 atom stereocenters. The van der Waals surface area contributed by atoms with E-state index in [4.69, 9.17) is 28.0 Å². The van der Waals surface area contributed by atoms with Crippen molar-refractivity contribution in [2.24, 2.45) is 0 Å². The van der Waals surface area contributed by atoms with Crippen molar-refractivity contribution in [3.63, 3.8) is 0 Å². The van der Waals surface area contributed by atoms with E-state index in [1.54, 1.807) is 0 Å². The van der Waals surface area contributed by atoms with Crippen molar-refractivity contribution in [2.75, 3.05) is 39.6 Å². The van der Waals surface area contributed by atoms with E-state index in [1.165, 1.54) is 0 Å². The topological polar surface area (TPSA) is 72.5 Å². The molecule has 8 heteroatoms. The van der Waals surface area contributed by atoms with Crippen LogP contribution in [0.15, 0.2) is 0 Å². The third-order valence-corrected chi connectivity index (χ3v) is 5.69. The Bertz CT molecular complexity index is 345. The molecule has 0 aliphatic rings. The van der Waals surface area contributed by atoms with E-state index >= 15 is 0 Å². The fraction of sp³-hybridized carbons (Fsp3) is 1.00. The second kappa shape index (κ2) is 25.6. The highest BCUT2D eigenvalue weighted by atomic mass is 31.1. The van der Waals surface area contributed by atoms with E-state index in [1.807, 2.05) is 0 Å². The third kappa shape index (κ3) is 21.8. The van der Waals surface area contributed by atoms with Crippen LogP contribution in [0, 0.1) is 0 Å². The van der Waals surface area contributed by atoms with Crippen LogP contribution in [0.3, 0.4) is 0 Å². The largest absolute Gasteiger partial charge is 0.353 e. The molecule has 0 rings (SSSR count). The van der Waals surface area contributed by atoms with Crippen molar-refractivity contribution in [2.45, 2.75) is 117 Å². The molecule has 194 valence electrons. The van der Waals surface area contributed by atoms with Gasteiger partial charge >= 0.3 is 8.25 Å². The Morgan fingerprint density at radius 2 is 0.812 bits per heavy atom. The summed E-state index contributed by atoms with van der Waals surface area (Å²) in [4.78, 5) is 0. The summed E-state index contributed by atoms with van der Waals surface area (Å²) in [5.74, 6) is 0. The van der Waals surface area contributed by atoms with Crippen LogP contribution in [0.25, 0.3) is 0 Å². The smallest absolute Gasteiger partial charge is 0.319 e. The number of rotatable bonds is 26. The molecular formula is C24H51O7P. The van der Waals surface area contributed by atoms with Crippen LogP contribution in [-0.4, -0.2) is 52.2 Å². The monoisotopic (exact) mass is 482 g/mol. The van der Waals surface area contributed by atoms with E-state index in [2.05, 4.69) is 27.7 Å². The molecular weight excluding hydrogens is 431 g/mol. The Kier molecular flexibility index (Phi) is 25.6. The summed E-state index contributed by atoms with van der Waals surface area (Å²) in [5.41, 5.74) is 0. The van der Waals surface area contributed by atoms with Crippen LogP contribution in [0.4, 0.5) is 0 Å². The van der Waals surface area contributed by atoms with Gasteiger partial charge in [0.25, 0.3) is 0 Å². The maximum atomic E-state index is 12.0. The van der Waals surface area contributed by atoms with Gasteiger partial charge in [-0.3, -0.25) is 4.57 Å². The van der Waals surface area contributed by atoms with E-state index in [9.17, 15) is 4.57 Å². The molecule has 0 N–H and O–H groups in total. The summed E-state index contributed by atoms with van der Waals surface area (Å²) < 4.78 is 45.9. The van der Waals surface area contributed by atoms with Crippen LogP contribution < -0.4 is 0 Å². The van der Waals surface area contributed by atoms with Gasteiger partial charge in [-0.25, -0.2) is 0 Å². The molecule has 0 spiro atoms. The quantitative estimate of drug-likeness (QED) is 0.0755. The van der Waals surface area contributed by atoms with Crippen LogP contribution in [-0.2, 0) is 32.6 Å². The predicted octanol–water partition coefficient (Wildman–Crippen LogP) is 6.89. The highest BCUT2D eigenvalue weighted by Gasteiger charge is 2.11. The van der Waals surface area contributed by atoms with Crippen LogP contribution in [0.1, 0.15) is 105 Å². The second-order valence-corrected chi connectivity index (χ2v) is 9.07. The van der Waals surface area contributed by atoms with Crippen molar-refractivity contribution < 1.29 is 32.6 Å². The molecule has 0 aromatic heterocycles. The van der Waals surface area contributed by atoms with Crippen molar-refractivity contribution in [1.29, 1.82) is 0 Å². The lowest BCUT2D eigenvalue weighted by atomic mass is 10.3. The summed E-state index contributed by atoms with van der Waals surface area (Å²) in [6.07, 6.45) is 11.0. The van der Waals surface area contributed by atoms with E-state index in [-0.39, 0.29) is 12.6 Å². The molecule has 0 fully saturated rings. The molecule has 7 nitrogen and oxygen atoms in total. The zero-order chi connectivity index (χ0) is 23.7. The van der Waals surface area contributed by atoms with E-state index < -0.39 is 8.25 Å². The average Bonchev–Trinajstić information content (AvgIpc) is 2.79. The van der Waals surface area contributed by atoms with Crippen molar-refractivity contribution in [1.82, 2.24) is 0 Å². The summed E-state index contributed by atoms with van der Waals surface area (Å²) in [7, 11) is -2.48. The number of ether oxygens (including phenoxy) is 4. The molecule has 0 aliphatic heterocycles. The standard InChI is InChI=1S/C24H51O7P/c1-5-9-17-26-23(27-18-10-6-2)15-13-21-30-32(25)31-22-14-16-24(28-19-11-7-3)29-20-12-8-4/h23-24,32H,5-22H2,1-4H3. The van der Waals surface area contributed by atoms with Crippen LogP contribution in [0.2, 0.25) is 0 Å². The number of unbranched alkanes of at least 4 members (excludes halogenated alkanes) is 4. The van der Waals surface area contributed by atoms with E-state index in [0.717, 1.165) is 77.0 Å². The maximum Gasteiger partial charge on any atom is 0.319 e. The first-order valence-corrected chi connectivity index (χ1v) is 14.2. The second-order valence-electron chi connectivity index (χ2n) is 7.99. The van der Waals surface area contributed by atoms with E-state index in [0.29, 0.717) is 39.6 Å². The third-order valence-electron chi connectivity index (χ3n) is 4.81. The minimum Gasteiger partial charge on any atom is -0.353 e. The Labute approximate surface area is 198 Å². The van der Waals surface area contributed by atoms with Gasteiger partial charge < -0.3 is 28.0 Å². The zero-order valence-corrected chi connectivity index (χ0v) is 22.2. The number of hydrogen-bond donors (Lipinski definition) is 0. The van der Waals surface area contributed by atoms with Gasteiger partial charge in [-0.05, 0) is 38.5 Å². The van der Waals surface area contributed by atoms with Crippen molar-refractivity contribution in [3.8, 4) is 0 Å². The first-order valence-electron chi connectivity index (χ1n) is 12.9. The van der Waals surface area contributed by atoms with Gasteiger partial charge in [0.05, 0.1) is 13.2 Å². The van der Waals surface area contributed by atoms with Gasteiger partial charge in [0, 0.05) is 39.3 Å². The minimum atomic E-state index is -2.48. The molecule has 0 aliphatic carbocycles. The van der Waals surface area contributed by atoms with Crippen LogP contribution >= 0.6 is 8.25 Å². The highest BCUT2D eigenvalue weighted by Crippen LogP contribution is 2.25. The fourth-order valence-electron chi connectivity index (χ4n) is 2.72. The number of hydrogen-bond acceptors (Lipinski definition) is 7. The lowest BCUT2D eigenvalue weighted by Gasteiger charge is -2.19. The van der Waals surface area contributed by atoms with Gasteiger partial charge in [-0.1, -0.05) is 53.4 Å². The molecule has 0 bridgehead atoms. The highest BCUT2D eigenvalue weighted by molar-refractivity contribution is 7.33. The Hall–Kier alpha value is -0.0100. The van der Waals surface area contributed by atoms with Crippen LogP contribution in [0.5, 0.6) is 0 Å². The lowest BCUT2D eigenvalue weighted by molar-refractivity contribution is -0.148. The summed E-state index contributed by atoms with van der Waals surface area (Å²) in [5, 5.41) is 0.